The molecule has 0 saturated carbocycles. The Morgan fingerprint density at radius 2 is 1.76 bits per heavy atom. The van der Waals surface area contributed by atoms with E-state index in [9.17, 15) is 8.42 Å². The molecule has 0 aliphatic heterocycles. The molecule has 108 valence electrons. The SMILES string of the molecule is Cc1nc(C)c2c(I)cn(S(=O)(=O)c3ccccc3)c2n1. The van der Waals surface area contributed by atoms with Gasteiger partial charge in [-0.2, -0.15) is 0 Å². The molecule has 0 aliphatic carbocycles. The van der Waals surface area contributed by atoms with Crippen LogP contribution in [0.25, 0.3) is 11.0 Å². The van der Waals surface area contributed by atoms with E-state index < -0.39 is 10.0 Å². The van der Waals surface area contributed by atoms with Crippen molar-refractivity contribution in [2.45, 2.75) is 18.7 Å². The van der Waals surface area contributed by atoms with Crippen LogP contribution in [0, 0.1) is 17.4 Å². The van der Waals surface area contributed by atoms with E-state index in [0.29, 0.717) is 11.5 Å². The molecule has 0 spiro atoms. The molecule has 3 aromatic rings. The monoisotopic (exact) mass is 413 g/mol. The Labute approximate surface area is 136 Å². The fraction of sp³-hybridized carbons (Fsp3) is 0.143. The van der Waals surface area contributed by atoms with Crippen LogP contribution in [0.1, 0.15) is 11.5 Å². The van der Waals surface area contributed by atoms with E-state index in [0.717, 1.165) is 14.7 Å². The zero-order valence-corrected chi connectivity index (χ0v) is 14.4. The van der Waals surface area contributed by atoms with Gasteiger partial charge < -0.3 is 0 Å². The minimum absolute atomic E-state index is 0.243. The number of hydrogen-bond acceptors (Lipinski definition) is 4. The molecule has 2 heterocycles. The maximum atomic E-state index is 12.8. The van der Waals surface area contributed by atoms with Gasteiger partial charge in [0.05, 0.1) is 16.0 Å². The van der Waals surface area contributed by atoms with Crippen LogP contribution in [0.5, 0.6) is 0 Å². The van der Waals surface area contributed by atoms with Crippen LogP contribution in [0.3, 0.4) is 0 Å². The standard InChI is InChI=1S/C14H12IN3O2S/c1-9-13-12(15)8-18(14(13)17-10(2)16-9)21(19,20)11-6-4-3-5-7-11/h3-8H,1-2H3. The summed E-state index contributed by atoms with van der Waals surface area (Å²) < 4.78 is 27.6. The van der Waals surface area contributed by atoms with Gasteiger partial charge >= 0.3 is 0 Å². The maximum absolute atomic E-state index is 12.8. The van der Waals surface area contributed by atoms with Crippen molar-refractivity contribution in [3.63, 3.8) is 0 Å². The van der Waals surface area contributed by atoms with Gasteiger partial charge in [0, 0.05) is 9.77 Å². The van der Waals surface area contributed by atoms with Crippen LogP contribution in [-0.4, -0.2) is 22.4 Å². The summed E-state index contributed by atoms with van der Waals surface area (Å²) in [5.74, 6) is 0.555. The minimum atomic E-state index is -3.66. The summed E-state index contributed by atoms with van der Waals surface area (Å²) in [6.07, 6.45) is 1.59. The molecular weight excluding hydrogens is 401 g/mol. The second-order valence-electron chi connectivity index (χ2n) is 4.65. The van der Waals surface area contributed by atoms with Crippen molar-refractivity contribution >= 4 is 43.6 Å². The van der Waals surface area contributed by atoms with Crippen molar-refractivity contribution < 1.29 is 8.42 Å². The molecule has 5 nitrogen and oxygen atoms in total. The van der Waals surface area contributed by atoms with Crippen molar-refractivity contribution in [1.29, 1.82) is 0 Å². The van der Waals surface area contributed by atoms with Crippen molar-refractivity contribution in [1.82, 2.24) is 13.9 Å². The predicted octanol–water partition coefficient (Wildman–Crippen LogP) is 2.89. The fourth-order valence-electron chi connectivity index (χ4n) is 2.25. The molecule has 0 N–H and O–H groups in total. The molecule has 0 bridgehead atoms. The highest BCUT2D eigenvalue weighted by atomic mass is 127. The van der Waals surface area contributed by atoms with Crippen LogP contribution < -0.4 is 0 Å². The third kappa shape index (κ3) is 2.34. The average molecular weight is 413 g/mol. The van der Waals surface area contributed by atoms with Crippen LogP contribution in [0.2, 0.25) is 0 Å². The lowest BCUT2D eigenvalue weighted by Gasteiger charge is -2.07. The predicted molar refractivity (Wildman–Crippen MR) is 88.7 cm³/mol. The summed E-state index contributed by atoms with van der Waals surface area (Å²) in [6.45, 7) is 3.62. The van der Waals surface area contributed by atoms with Crippen molar-refractivity contribution in [2.75, 3.05) is 0 Å². The molecule has 0 radical (unpaired) electrons. The largest absolute Gasteiger partial charge is 0.269 e. The third-order valence-corrected chi connectivity index (χ3v) is 5.64. The number of nitrogens with zero attached hydrogens (tertiary/aromatic N) is 3. The highest BCUT2D eigenvalue weighted by Crippen LogP contribution is 2.27. The topological polar surface area (TPSA) is 64.8 Å². The molecule has 0 atom stereocenters. The molecule has 1 aromatic carbocycles. The Kier molecular flexibility index (Phi) is 3.48. The lowest BCUT2D eigenvalue weighted by atomic mass is 10.3. The van der Waals surface area contributed by atoms with Gasteiger partial charge in [-0.25, -0.2) is 22.4 Å². The molecular formula is C14H12IN3O2S. The molecule has 0 saturated heterocycles. The smallest absolute Gasteiger partial charge is 0.238 e. The Morgan fingerprint density at radius 3 is 2.43 bits per heavy atom. The molecule has 0 amide bonds. The lowest BCUT2D eigenvalue weighted by molar-refractivity contribution is 0.588. The van der Waals surface area contributed by atoms with Crippen LogP contribution in [0.15, 0.2) is 41.4 Å². The first-order valence-electron chi connectivity index (χ1n) is 6.23. The quantitative estimate of drug-likeness (QED) is 0.607. The van der Waals surface area contributed by atoms with Gasteiger partial charge in [0.15, 0.2) is 5.65 Å². The Bertz CT molecular complexity index is 934. The van der Waals surface area contributed by atoms with E-state index in [2.05, 4.69) is 32.6 Å². The highest BCUT2D eigenvalue weighted by Gasteiger charge is 2.22. The Morgan fingerprint density at radius 1 is 1.10 bits per heavy atom. The normalized spacial score (nSPS) is 12.0. The van der Waals surface area contributed by atoms with E-state index in [4.69, 9.17) is 0 Å². The zero-order chi connectivity index (χ0) is 15.2. The molecule has 0 fully saturated rings. The first kappa shape index (κ1) is 14.5. The number of fused-ring (bicyclic) bond motifs is 1. The second kappa shape index (κ2) is 5.06. The first-order chi connectivity index (χ1) is 9.91. The van der Waals surface area contributed by atoms with E-state index >= 15 is 0 Å². The fourth-order valence-corrected chi connectivity index (χ4v) is 4.68. The summed E-state index contributed by atoms with van der Waals surface area (Å²) in [5.41, 5.74) is 1.21. The molecule has 21 heavy (non-hydrogen) atoms. The molecule has 2 aromatic heterocycles. The average Bonchev–Trinajstić information content (AvgIpc) is 2.77. The highest BCUT2D eigenvalue weighted by molar-refractivity contribution is 14.1. The summed E-state index contributed by atoms with van der Waals surface area (Å²) in [6, 6.07) is 8.35. The number of aromatic nitrogens is 3. The number of aryl methyl sites for hydroxylation is 2. The van der Waals surface area contributed by atoms with Gasteiger partial charge in [-0.05, 0) is 48.6 Å². The number of rotatable bonds is 2. The van der Waals surface area contributed by atoms with Crippen LogP contribution in [-0.2, 0) is 10.0 Å². The summed E-state index contributed by atoms with van der Waals surface area (Å²) >= 11 is 2.11. The van der Waals surface area contributed by atoms with Gasteiger partial charge in [-0.1, -0.05) is 18.2 Å². The Balaban J connectivity index is 2.37. The van der Waals surface area contributed by atoms with Gasteiger partial charge in [0.1, 0.15) is 5.82 Å². The second-order valence-corrected chi connectivity index (χ2v) is 7.62. The van der Waals surface area contributed by atoms with Crippen molar-refractivity contribution in [2.24, 2.45) is 0 Å². The summed E-state index contributed by atoms with van der Waals surface area (Å²) in [7, 11) is -3.66. The number of hydrogen-bond donors (Lipinski definition) is 0. The lowest BCUT2D eigenvalue weighted by Crippen LogP contribution is -2.12. The van der Waals surface area contributed by atoms with Crippen LogP contribution in [0.4, 0.5) is 0 Å². The van der Waals surface area contributed by atoms with E-state index in [1.165, 1.54) is 3.97 Å². The maximum Gasteiger partial charge on any atom is 0.269 e. The van der Waals surface area contributed by atoms with E-state index in [1.54, 1.807) is 43.5 Å². The van der Waals surface area contributed by atoms with Gasteiger partial charge in [0.2, 0.25) is 0 Å². The van der Waals surface area contributed by atoms with Gasteiger partial charge in [-0.15, -0.1) is 0 Å². The van der Waals surface area contributed by atoms with Gasteiger partial charge in [-0.3, -0.25) is 0 Å². The van der Waals surface area contributed by atoms with Gasteiger partial charge in [0.25, 0.3) is 10.0 Å². The zero-order valence-electron chi connectivity index (χ0n) is 11.4. The number of halogens is 1. The summed E-state index contributed by atoms with van der Waals surface area (Å²) in [5, 5.41) is 0.778. The van der Waals surface area contributed by atoms with Crippen molar-refractivity contribution in [3.8, 4) is 0 Å². The van der Waals surface area contributed by atoms with E-state index in [-0.39, 0.29) is 4.90 Å². The third-order valence-electron chi connectivity index (χ3n) is 3.16. The van der Waals surface area contributed by atoms with E-state index in [1.807, 2.05) is 6.92 Å². The summed E-state index contributed by atoms with van der Waals surface area (Å²) in [4.78, 5) is 8.87. The van der Waals surface area contributed by atoms with Crippen molar-refractivity contribution in [3.05, 3.63) is 51.6 Å². The Hall–Kier alpha value is -1.48. The molecule has 7 heteroatoms. The number of benzene rings is 1. The molecule has 3 rings (SSSR count). The minimum Gasteiger partial charge on any atom is -0.238 e. The molecule has 0 unspecified atom stereocenters. The first-order valence-corrected chi connectivity index (χ1v) is 8.75. The van der Waals surface area contributed by atoms with Crippen LogP contribution >= 0.6 is 22.6 Å². The molecule has 0 aliphatic rings.